The van der Waals surface area contributed by atoms with Crippen LogP contribution in [0.2, 0.25) is 0 Å². The molecule has 1 atom stereocenters. The van der Waals surface area contributed by atoms with Crippen LogP contribution in [0, 0.1) is 0 Å². The third-order valence-electron chi connectivity index (χ3n) is 0.880. The van der Waals surface area contributed by atoms with Gasteiger partial charge in [-0.3, -0.25) is 0 Å². The molecule has 1 unspecified atom stereocenters. The molecule has 0 saturated heterocycles. The molecule has 1 aliphatic rings. The molecule has 0 aromatic rings. The van der Waals surface area contributed by atoms with Crippen LogP contribution in [-0.2, 0) is 4.79 Å². The number of hydrogen-bond acceptors (Lipinski definition) is 1. The Balaban J connectivity index is 2.82. The maximum absolute atomic E-state index is 10.0. The van der Waals surface area contributed by atoms with E-state index in [1.807, 2.05) is 12.2 Å². The molecule has 1 aliphatic heterocycles. The van der Waals surface area contributed by atoms with Crippen LogP contribution < -0.4 is 0 Å². The van der Waals surface area contributed by atoms with Crippen molar-refractivity contribution in [2.75, 3.05) is 0 Å². The Morgan fingerprint density at radius 2 is 2.50 bits per heavy atom. The monoisotopic (exact) mass is 169 g/mol. The summed E-state index contributed by atoms with van der Waals surface area (Å²) in [6.07, 6.45) is 4.64. The molecule has 0 fully saturated rings. The minimum atomic E-state index is 0.0294. The molecular formula is C6H6AsO. The Kier molecular flexibility index (Phi) is 1.99. The average Bonchev–Trinajstić information content (AvgIpc) is 1.90. The van der Waals surface area contributed by atoms with Gasteiger partial charge in [-0.2, -0.15) is 0 Å². The summed E-state index contributed by atoms with van der Waals surface area (Å²) in [5.41, 5.74) is 0.792. The van der Waals surface area contributed by atoms with Crippen molar-refractivity contribution in [3.63, 3.8) is 0 Å². The molecular weight excluding hydrogens is 163 g/mol. The van der Waals surface area contributed by atoms with Crippen LogP contribution in [0.3, 0.4) is 0 Å². The fourth-order valence-corrected chi connectivity index (χ4v) is 1.92. The predicted octanol–water partition coefficient (Wildman–Crippen LogP) is -0.122. The Morgan fingerprint density at radius 3 is 2.88 bits per heavy atom. The molecule has 1 nitrogen and oxygen atoms in total. The summed E-state index contributed by atoms with van der Waals surface area (Å²) >= 11 is 0.0294. The molecule has 41 valence electrons. The van der Waals surface area contributed by atoms with Crippen LogP contribution in [0.25, 0.3) is 0 Å². The summed E-state index contributed by atoms with van der Waals surface area (Å²) < 4.78 is 0. The first-order chi connectivity index (χ1) is 3.93. The van der Waals surface area contributed by atoms with E-state index in [2.05, 4.69) is 9.67 Å². The van der Waals surface area contributed by atoms with E-state index in [-0.39, 0.29) is 15.3 Å². The third-order valence-corrected chi connectivity index (χ3v) is 2.39. The zero-order valence-corrected chi connectivity index (χ0v) is 6.39. The van der Waals surface area contributed by atoms with Crippen LogP contribution in [0.5, 0.6) is 0 Å². The van der Waals surface area contributed by atoms with E-state index < -0.39 is 0 Å². The zero-order chi connectivity index (χ0) is 5.82. The van der Waals surface area contributed by atoms with Crippen LogP contribution in [-0.4, -0.2) is 26.4 Å². The third kappa shape index (κ3) is 1.27. The molecule has 2 heteroatoms. The number of aldehydes is 1. The number of rotatable bonds is 1. The molecule has 0 spiro atoms. The summed E-state index contributed by atoms with van der Waals surface area (Å²) in [5, 5.41) is 0. The molecule has 0 aromatic heterocycles. The fourth-order valence-electron chi connectivity index (χ4n) is 0.478. The second-order valence-electron chi connectivity index (χ2n) is 1.45. The second-order valence-corrected chi connectivity index (χ2v) is 3.55. The number of carbonyl (C=O) groups excluding carboxylic acids is 1. The van der Waals surface area contributed by atoms with Crippen molar-refractivity contribution in [3.05, 3.63) is 22.6 Å². The molecule has 0 bridgehead atoms. The minimum absolute atomic E-state index is 0.0294. The maximum atomic E-state index is 10.0. The van der Waals surface area contributed by atoms with E-state index in [1.165, 1.54) is 0 Å². The number of hydrogen-bond donors (Lipinski definition) is 0. The standard InChI is InChI=1S/C6H6AsO/c8-5-6-1-3-7-4-2-6/h1-5,7H. The Labute approximate surface area is 54.3 Å². The number of carbonyl (C=O) groups is 1. The summed E-state index contributed by atoms with van der Waals surface area (Å²) in [6.45, 7) is 0. The van der Waals surface area contributed by atoms with Gasteiger partial charge >= 0.3 is 53.8 Å². The van der Waals surface area contributed by atoms with Crippen molar-refractivity contribution in [1.82, 2.24) is 0 Å². The van der Waals surface area contributed by atoms with E-state index in [9.17, 15) is 4.79 Å². The van der Waals surface area contributed by atoms with Crippen molar-refractivity contribution in [2.45, 2.75) is 0 Å². The number of allylic oxidation sites excluding steroid dienone is 3. The van der Waals surface area contributed by atoms with Gasteiger partial charge in [0.25, 0.3) is 0 Å². The van der Waals surface area contributed by atoms with Crippen molar-refractivity contribution < 1.29 is 4.79 Å². The molecule has 1 heterocycles. The molecule has 0 saturated carbocycles. The van der Waals surface area contributed by atoms with Crippen molar-refractivity contribution >= 4 is 26.4 Å². The first-order valence-electron chi connectivity index (χ1n) is 2.35. The summed E-state index contributed by atoms with van der Waals surface area (Å²) in [7, 11) is 0. The van der Waals surface area contributed by atoms with Gasteiger partial charge in [-0.15, -0.1) is 0 Å². The van der Waals surface area contributed by atoms with E-state index in [1.54, 1.807) is 0 Å². The van der Waals surface area contributed by atoms with Crippen LogP contribution in [0.1, 0.15) is 0 Å². The first kappa shape index (κ1) is 5.71. The zero-order valence-electron chi connectivity index (χ0n) is 4.29. The topological polar surface area (TPSA) is 17.1 Å². The van der Waals surface area contributed by atoms with E-state index in [0.29, 0.717) is 0 Å². The molecule has 0 amide bonds. The SMILES string of the molecule is O=CC1=CC=[AsH]C=C1. The van der Waals surface area contributed by atoms with E-state index in [0.717, 1.165) is 11.9 Å². The molecule has 8 heavy (non-hydrogen) atoms. The van der Waals surface area contributed by atoms with Gasteiger partial charge in [0.15, 0.2) is 0 Å². The van der Waals surface area contributed by atoms with Crippen LogP contribution >= 0.6 is 0 Å². The van der Waals surface area contributed by atoms with Crippen LogP contribution in [0.4, 0.5) is 0 Å². The van der Waals surface area contributed by atoms with Crippen LogP contribution in [0.15, 0.2) is 22.6 Å². The normalized spacial score (nSPS) is 17.8. The molecule has 0 aromatic carbocycles. The van der Waals surface area contributed by atoms with Gasteiger partial charge in [-0.05, 0) is 0 Å². The summed E-state index contributed by atoms with van der Waals surface area (Å²) in [4.78, 5) is 14.2. The Morgan fingerprint density at radius 1 is 1.62 bits per heavy atom. The van der Waals surface area contributed by atoms with Gasteiger partial charge in [0.2, 0.25) is 0 Å². The van der Waals surface area contributed by atoms with Gasteiger partial charge < -0.3 is 0 Å². The molecule has 0 N–H and O–H groups in total. The van der Waals surface area contributed by atoms with Crippen molar-refractivity contribution in [3.8, 4) is 0 Å². The second kappa shape index (κ2) is 2.78. The van der Waals surface area contributed by atoms with Gasteiger partial charge in [0, 0.05) is 0 Å². The summed E-state index contributed by atoms with van der Waals surface area (Å²) in [5.74, 6) is 0. The average molecular weight is 169 g/mol. The summed E-state index contributed by atoms with van der Waals surface area (Å²) in [6, 6.07) is 0. The fraction of sp³-hybridized carbons (Fsp3) is 0. The molecule has 0 aliphatic carbocycles. The van der Waals surface area contributed by atoms with Gasteiger partial charge in [0.05, 0.1) is 0 Å². The van der Waals surface area contributed by atoms with Gasteiger partial charge in [-0.1, -0.05) is 0 Å². The van der Waals surface area contributed by atoms with Crippen molar-refractivity contribution in [1.29, 1.82) is 0 Å². The van der Waals surface area contributed by atoms with Crippen molar-refractivity contribution in [2.24, 2.45) is 0 Å². The predicted molar refractivity (Wildman–Crippen MR) is 36.5 cm³/mol. The molecule has 1 rings (SSSR count). The molecule has 1 radical (unpaired) electrons. The van der Waals surface area contributed by atoms with Gasteiger partial charge in [0.1, 0.15) is 0 Å². The Bertz CT molecular complexity index is 177. The first-order valence-corrected chi connectivity index (χ1v) is 4.77. The van der Waals surface area contributed by atoms with E-state index >= 15 is 0 Å². The Hall–Kier alpha value is -0.422. The van der Waals surface area contributed by atoms with Gasteiger partial charge in [-0.25, -0.2) is 0 Å². The van der Waals surface area contributed by atoms with E-state index in [4.69, 9.17) is 0 Å². The quantitative estimate of drug-likeness (QED) is 0.395.